The Bertz CT molecular complexity index is 1010. The number of unbranched alkanes of at least 4 members (excludes halogenated alkanes) is 26. The summed E-state index contributed by atoms with van der Waals surface area (Å²) in [6, 6.07) is -1.16. The van der Waals surface area contributed by atoms with Crippen LogP contribution in [-0.4, -0.2) is 110 Å². The monoisotopic (exact) mass is 872 g/mol. The molecule has 1 saturated heterocycles. The summed E-state index contributed by atoms with van der Waals surface area (Å²) in [7, 11) is 0. The molecule has 1 fully saturated rings. The zero-order valence-corrected chi connectivity index (χ0v) is 39.3. The number of carbonyl (C=O) groups is 1. The molecule has 11 heteroatoms. The van der Waals surface area contributed by atoms with Crippen molar-refractivity contribution in [3.8, 4) is 0 Å². The highest BCUT2D eigenvalue weighted by atomic mass is 16.7. The molecule has 0 unspecified atom stereocenters. The molecule has 0 radical (unpaired) electrons. The van der Waals surface area contributed by atoms with Gasteiger partial charge < -0.3 is 50.5 Å². The van der Waals surface area contributed by atoms with E-state index in [1.807, 2.05) is 0 Å². The highest BCUT2D eigenvalue weighted by Crippen LogP contribution is 2.23. The van der Waals surface area contributed by atoms with Crippen LogP contribution in [0.5, 0.6) is 0 Å². The van der Waals surface area contributed by atoms with Crippen molar-refractivity contribution in [3.63, 3.8) is 0 Å². The van der Waals surface area contributed by atoms with E-state index in [9.17, 15) is 40.5 Å². The van der Waals surface area contributed by atoms with E-state index in [0.717, 1.165) is 44.4 Å². The second-order valence-corrected chi connectivity index (χ2v) is 18.7. The number of rotatable bonds is 42. The van der Waals surface area contributed by atoms with Crippen LogP contribution in [0.15, 0.2) is 12.2 Å². The van der Waals surface area contributed by atoms with Crippen molar-refractivity contribution in [2.75, 3.05) is 13.2 Å². The second kappa shape index (κ2) is 39.2. The fourth-order valence-corrected chi connectivity index (χ4v) is 8.27. The number of aliphatic hydroxyl groups excluding tert-OH is 7. The first kappa shape index (κ1) is 57.9. The van der Waals surface area contributed by atoms with Crippen LogP contribution in [0, 0.1) is 5.92 Å². The van der Waals surface area contributed by atoms with Gasteiger partial charge in [0.05, 0.1) is 25.4 Å². The summed E-state index contributed by atoms with van der Waals surface area (Å²) in [4.78, 5) is 13.1. The number of hydrogen-bond acceptors (Lipinski definition) is 10. The quantitative estimate of drug-likeness (QED) is 0.0217. The number of nitrogens with one attached hydrogen (secondary N) is 1. The van der Waals surface area contributed by atoms with Crippen LogP contribution in [0.1, 0.15) is 226 Å². The maximum absolute atomic E-state index is 13.1. The van der Waals surface area contributed by atoms with Gasteiger partial charge in [-0.25, -0.2) is 0 Å². The summed E-state index contributed by atoms with van der Waals surface area (Å²) < 4.78 is 11.1. The van der Waals surface area contributed by atoms with Crippen molar-refractivity contribution in [3.05, 3.63) is 12.2 Å². The normalized spacial score (nSPS) is 21.6. The van der Waals surface area contributed by atoms with Gasteiger partial charge in [0.25, 0.3) is 0 Å². The largest absolute Gasteiger partial charge is 0.394 e. The third-order valence-corrected chi connectivity index (χ3v) is 12.5. The fraction of sp³-hybridized carbons (Fsp3) is 0.940. The molecule has 1 rings (SSSR count). The molecule has 11 nitrogen and oxygen atoms in total. The first-order valence-corrected chi connectivity index (χ1v) is 25.4. The average molecular weight is 872 g/mol. The Labute approximate surface area is 372 Å². The Balaban J connectivity index is 2.35. The van der Waals surface area contributed by atoms with Gasteiger partial charge in [0.1, 0.15) is 36.6 Å². The van der Waals surface area contributed by atoms with Gasteiger partial charge in [0.2, 0.25) is 5.91 Å². The van der Waals surface area contributed by atoms with Gasteiger partial charge in [-0.2, -0.15) is 0 Å². The molecule has 0 aromatic heterocycles. The lowest BCUT2D eigenvalue weighted by atomic mass is 9.98. The zero-order chi connectivity index (χ0) is 44.9. The van der Waals surface area contributed by atoms with Crippen molar-refractivity contribution in [1.29, 1.82) is 0 Å². The smallest absolute Gasteiger partial charge is 0.249 e. The first-order valence-electron chi connectivity index (χ1n) is 25.4. The van der Waals surface area contributed by atoms with Gasteiger partial charge in [-0.15, -0.1) is 0 Å². The third kappa shape index (κ3) is 29.8. The van der Waals surface area contributed by atoms with Gasteiger partial charge in [-0.3, -0.25) is 4.79 Å². The highest BCUT2D eigenvalue weighted by molar-refractivity contribution is 5.80. The predicted molar refractivity (Wildman–Crippen MR) is 247 cm³/mol. The predicted octanol–water partition coefficient (Wildman–Crippen LogP) is 9.09. The van der Waals surface area contributed by atoms with Crippen LogP contribution in [0.25, 0.3) is 0 Å². The maximum Gasteiger partial charge on any atom is 0.249 e. The molecule has 0 aromatic carbocycles. The molecule has 0 aromatic rings. The van der Waals surface area contributed by atoms with E-state index in [0.29, 0.717) is 19.3 Å². The first-order chi connectivity index (χ1) is 29.5. The standard InChI is InChI=1S/C50H97NO10/c1-4-5-6-7-8-9-10-11-12-13-14-15-16-17-18-19-20-21-24-28-31-34-37-43(54)49(59)51-41(39-60-50-48(58)47(57)46(56)44(38-52)61-50)45(55)42(53)36-33-30-27-25-22-23-26-29-32-35-40(2)3/h11-12,40-48,50,52-58H,4-10,13-39H2,1-3H3,(H,51,59)/b12-11+/t41-,42+,43-,44+,45-,46+,47-,48+,50+/m0/s1. The summed E-state index contributed by atoms with van der Waals surface area (Å²) in [5, 5.41) is 75.8. The lowest BCUT2D eigenvalue weighted by Gasteiger charge is -2.40. The van der Waals surface area contributed by atoms with E-state index in [4.69, 9.17) is 9.47 Å². The number of carbonyl (C=O) groups excluding carboxylic acids is 1. The molecular weight excluding hydrogens is 775 g/mol. The molecule has 362 valence electrons. The third-order valence-electron chi connectivity index (χ3n) is 12.5. The van der Waals surface area contributed by atoms with Crippen LogP contribution in [0.3, 0.4) is 0 Å². The topological polar surface area (TPSA) is 189 Å². The Hall–Kier alpha value is -1.15. The molecule has 8 N–H and O–H groups in total. The minimum absolute atomic E-state index is 0.262. The Morgan fingerprint density at radius 1 is 0.590 bits per heavy atom. The van der Waals surface area contributed by atoms with Gasteiger partial charge in [-0.1, -0.05) is 200 Å². The van der Waals surface area contributed by atoms with Crippen LogP contribution >= 0.6 is 0 Å². The molecule has 1 heterocycles. The van der Waals surface area contributed by atoms with E-state index in [1.54, 1.807) is 0 Å². The molecule has 1 aliphatic rings. The van der Waals surface area contributed by atoms with E-state index < -0.39 is 74.2 Å². The summed E-state index contributed by atoms with van der Waals surface area (Å²) in [5.74, 6) is 0.0664. The molecular formula is C50H97NO10. The molecule has 61 heavy (non-hydrogen) atoms. The number of aliphatic hydroxyl groups is 7. The zero-order valence-electron chi connectivity index (χ0n) is 39.3. The van der Waals surface area contributed by atoms with Gasteiger partial charge in [0.15, 0.2) is 6.29 Å². The fourth-order valence-electron chi connectivity index (χ4n) is 8.27. The molecule has 0 aliphatic carbocycles. The van der Waals surface area contributed by atoms with E-state index in [-0.39, 0.29) is 6.42 Å². The highest BCUT2D eigenvalue weighted by Gasteiger charge is 2.44. The summed E-state index contributed by atoms with van der Waals surface area (Å²) >= 11 is 0. The minimum atomic E-state index is -1.66. The molecule has 1 amide bonds. The maximum atomic E-state index is 13.1. The number of hydrogen-bond donors (Lipinski definition) is 8. The molecule has 1 aliphatic heterocycles. The minimum Gasteiger partial charge on any atom is -0.394 e. The summed E-state index contributed by atoms with van der Waals surface area (Å²) in [6.45, 7) is 5.74. The molecule has 0 spiro atoms. The Morgan fingerprint density at radius 2 is 1.02 bits per heavy atom. The van der Waals surface area contributed by atoms with Crippen LogP contribution < -0.4 is 5.32 Å². The summed E-state index contributed by atoms with van der Waals surface area (Å²) in [6.07, 6.45) is 29.9. The Morgan fingerprint density at radius 3 is 1.48 bits per heavy atom. The average Bonchev–Trinajstić information content (AvgIpc) is 3.25. The molecule has 0 saturated carbocycles. The van der Waals surface area contributed by atoms with E-state index in [1.165, 1.54) is 141 Å². The van der Waals surface area contributed by atoms with Gasteiger partial charge in [-0.05, 0) is 44.4 Å². The van der Waals surface area contributed by atoms with Gasteiger partial charge >= 0.3 is 0 Å². The molecule has 9 atom stereocenters. The number of amides is 1. The Kier molecular flexibility index (Phi) is 37.2. The van der Waals surface area contributed by atoms with Crippen molar-refractivity contribution in [1.82, 2.24) is 5.32 Å². The van der Waals surface area contributed by atoms with Crippen molar-refractivity contribution < 1.29 is 50.0 Å². The van der Waals surface area contributed by atoms with Crippen molar-refractivity contribution in [2.24, 2.45) is 5.92 Å². The summed E-state index contributed by atoms with van der Waals surface area (Å²) in [5.41, 5.74) is 0. The number of allylic oxidation sites excluding steroid dienone is 2. The lowest BCUT2D eigenvalue weighted by Crippen LogP contribution is -2.60. The van der Waals surface area contributed by atoms with Crippen molar-refractivity contribution in [2.45, 2.75) is 281 Å². The lowest BCUT2D eigenvalue weighted by molar-refractivity contribution is -0.303. The number of ether oxygens (including phenoxy) is 2. The second-order valence-electron chi connectivity index (χ2n) is 18.7. The van der Waals surface area contributed by atoms with Crippen molar-refractivity contribution >= 4 is 5.91 Å². The van der Waals surface area contributed by atoms with Crippen LogP contribution in [0.2, 0.25) is 0 Å². The van der Waals surface area contributed by atoms with Crippen LogP contribution in [0.4, 0.5) is 0 Å². The van der Waals surface area contributed by atoms with E-state index >= 15 is 0 Å². The van der Waals surface area contributed by atoms with E-state index in [2.05, 4.69) is 38.2 Å². The SMILES string of the molecule is CCCCCCCC/C=C/CCCCCCCCCCCCCC[C@H](O)C(=O)N[C@@H](CO[C@@H]1O[C@H](CO)[C@@H](O)[C@H](O)[C@H]1O)[C@H](O)[C@H](O)CCCCCCCCCCCC(C)C. The van der Waals surface area contributed by atoms with Gasteiger partial charge in [0, 0.05) is 0 Å². The molecule has 0 bridgehead atoms. The van der Waals surface area contributed by atoms with Crippen LogP contribution in [-0.2, 0) is 14.3 Å².